The first kappa shape index (κ1) is 18.0. The third-order valence-electron chi connectivity index (χ3n) is 3.19. The largest absolute Gasteiger partial charge is 0.333 e. The second-order valence-electron chi connectivity index (χ2n) is 4.96. The van der Waals surface area contributed by atoms with Gasteiger partial charge in [-0.1, -0.05) is 13.0 Å². The van der Waals surface area contributed by atoms with Gasteiger partial charge in [-0.05, 0) is 26.1 Å². The lowest BCUT2D eigenvalue weighted by Crippen LogP contribution is -2.42. The van der Waals surface area contributed by atoms with E-state index < -0.39 is 23.2 Å². The molecule has 0 bridgehead atoms. The number of carbonyl (C=O) groups excluding carboxylic acids is 2. The van der Waals surface area contributed by atoms with Gasteiger partial charge >= 0.3 is 0 Å². The van der Waals surface area contributed by atoms with Gasteiger partial charge in [-0.3, -0.25) is 9.59 Å². The quantitative estimate of drug-likeness (QED) is 0.804. The van der Waals surface area contributed by atoms with Gasteiger partial charge in [0.1, 0.15) is 17.3 Å². The van der Waals surface area contributed by atoms with E-state index in [0.717, 1.165) is 12.1 Å². The fraction of sp³-hybridized carbons (Fsp3) is 0.467. The van der Waals surface area contributed by atoms with Crippen LogP contribution in [0.3, 0.4) is 0 Å². The summed E-state index contributed by atoms with van der Waals surface area (Å²) in [5.74, 6) is -2.84. The minimum atomic E-state index is -0.855. The lowest BCUT2D eigenvalue weighted by molar-refractivity contribution is -0.137. The summed E-state index contributed by atoms with van der Waals surface area (Å²) in [6, 6.07) is 3.31. The molecule has 1 atom stereocenters. The van der Waals surface area contributed by atoms with Gasteiger partial charge in [-0.2, -0.15) is 0 Å². The summed E-state index contributed by atoms with van der Waals surface area (Å²) >= 11 is 0. The van der Waals surface area contributed by atoms with E-state index in [9.17, 15) is 18.4 Å². The highest BCUT2D eigenvalue weighted by atomic mass is 19.1. The number of para-hydroxylation sites is 1. The van der Waals surface area contributed by atoms with E-state index >= 15 is 0 Å². The third-order valence-corrected chi connectivity index (χ3v) is 3.19. The molecule has 122 valence electrons. The molecule has 0 fully saturated rings. The molecule has 1 unspecified atom stereocenters. The molecule has 2 N–H and O–H groups in total. The Bertz CT molecular complexity index is 517. The molecule has 0 aromatic heterocycles. The second kappa shape index (κ2) is 8.43. The maximum Gasteiger partial charge on any atom is 0.244 e. The van der Waals surface area contributed by atoms with E-state index in [1.165, 1.54) is 11.0 Å². The molecule has 22 heavy (non-hydrogen) atoms. The number of rotatable bonds is 7. The van der Waals surface area contributed by atoms with E-state index in [1.807, 2.05) is 0 Å². The molecule has 1 aromatic carbocycles. The molecule has 1 aromatic rings. The fourth-order valence-electron chi connectivity index (χ4n) is 2.02. The first-order chi connectivity index (χ1) is 10.4. The SMILES string of the molecule is CCN(CC(=O)Nc1c(F)cccc1F)C(=O)C(C)CNC. The average Bonchev–Trinajstić information content (AvgIpc) is 2.48. The van der Waals surface area contributed by atoms with Crippen LogP contribution in [0.5, 0.6) is 0 Å². The molecule has 7 heteroatoms. The Morgan fingerprint density at radius 1 is 1.27 bits per heavy atom. The van der Waals surface area contributed by atoms with Crippen molar-refractivity contribution in [1.82, 2.24) is 10.2 Å². The van der Waals surface area contributed by atoms with Crippen LogP contribution < -0.4 is 10.6 Å². The first-order valence-corrected chi connectivity index (χ1v) is 7.07. The van der Waals surface area contributed by atoms with Gasteiger partial charge < -0.3 is 15.5 Å². The number of hydrogen-bond donors (Lipinski definition) is 2. The second-order valence-corrected chi connectivity index (χ2v) is 4.96. The lowest BCUT2D eigenvalue weighted by Gasteiger charge is -2.24. The summed E-state index contributed by atoms with van der Waals surface area (Å²) < 4.78 is 26.9. The van der Waals surface area contributed by atoms with Gasteiger partial charge in [0.15, 0.2) is 0 Å². The average molecular weight is 313 g/mol. The molecule has 5 nitrogen and oxygen atoms in total. The molecule has 0 aliphatic rings. The highest BCUT2D eigenvalue weighted by molar-refractivity contribution is 5.95. The molecule has 0 aliphatic heterocycles. The van der Waals surface area contributed by atoms with E-state index in [-0.39, 0.29) is 18.4 Å². The van der Waals surface area contributed by atoms with Crippen molar-refractivity contribution in [3.63, 3.8) is 0 Å². The van der Waals surface area contributed by atoms with Crippen molar-refractivity contribution in [2.24, 2.45) is 5.92 Å². The van der Waals surface area contributed by atoms with Crippen molar-refractivity contribution in [2.45, 2.75) is 13.8 Å². The predicted molar refractivity (Wildman–Crippen MR) is 80.3 cm³/mol. The number of nitrogens with zero attached hydrogens (tertiary/aromatic N) is 1. The number of halogens is 2. The molecule has 0 saturated carbocycles. The predicted octanol–water partition coefficient (Wildman–Crippen LogP) is 1.61. The number of amides is 2. The lowest BCUT2D eigenvalue weighted by atomic mass is 10.1. The summed E-state index contributed by atoms with van der Waals surface area (Å²) in [6.07, 6.45) is 0. The minimum Gasteiger partial charge on any atom is -0.333 e. The van der Waals surface area contributed by atoms with Crippen LogP contribution in [0.1, 0.15) is 13.8 Å². The van der Waals surface area contributed by atoms with Gasteiger partial charge in [0.2, 0.25) is 11.8 Å². The topological polar surface area (TPSA) is 61.4 Å². The van der Waals surface area contributed by atoms with Crippen LogP contribution in [-0.4, -0.2) is 43.4 Å². The zero-order valence-electron chi connectivity index (χ0n) is 13.0. The standard InChI is InChI=1S/C15H21F2N3O2/c1-4-20(15(22)10(2)8-18-3)9-13(21)19-14-11(16)6-5-7-12(14)17/h5-7,10,18H,4,8-9H2,1-3H3,(H,19,21). The maximum absolute atomic E-state index is 13.5. The number of benzene rings is 1. The van der Waals surface area contributed by atoms with Crippen molar-refractivity contribution in [3.8, 4) is 0 Å². The third kappa shape index (κ3) is 4.77. The van der Waals surface area contributed by atoms with E-state index in [1.54, 1.807) is 20.9 Å². The van der Waals surface area contributed by atoms with Gasteiger partial charge in [-0.15, -0.1) is 0 Å². The van der Waals surface area contributed by atoms with Crippen molar-refractivity contribution >= 4 is 17.5 Å². The Labute approximate surface area is 128 Å². The summed E-state index contributed by atoms with van der Waals surface area (Å²) in [5, 5.41) is 5.06. The van der Waals surface area contributed by atoms with Crippen molar-refractivity contribution in [2.75, 3.05) is 32.0 Å². The zero-order valence-corrected chi connectivity index (χ0v) is 13.0. The number of likely N-dealkylation sites (N-methyl/N-ethyl adjacent to an activating group) is 1. The molecule has 0 saturated heterocycles. The molecule has 0 aliphatic carbocycles. The monoisotopic (exact) mass is 313 g/mol. The fourth-order valence-corrected chi connectivity index (χ4v) is 2.02. The van der Waals surface area contributed by atoms with Crippen molar-refractivity contribution in [3.05, 3.63) is 29.8 Å². The molecular weight excluding hydrogens is 292 g/mol. The van der Waals surface area contributed by atoms with Gasteiger partial charge in [0, 0.05) is 19.0 Å². The van der Waals surface area contributed by atoms with Crippen LogP contribution in [0.15, 0.2) is 18.2 Å². The van der Waals surface area contributed by atoms with Crippen LogP contribution >= 0.6 is 0 Å². The van der Waals surface area contributed by atoms with Crippen LogP contribution in [0, 0.1) is 17.6 Å². The Morgan fingerprint density at radius 3 is 2.36 bits per heavy atom. The molecule has 2 amide bonds. The Balaban J connectivity index is 2.71. The smallest absolute Gasteiger partial charge is 0.244 e. The number of hydrogen-bond acceptors (Lipinski definition) is 3. The number of carbonyl (C=O) groups is 2. The zero-order chi connectivity index (χ0) is 16.7. The highest BCUT2D eigenvalue weighted by Gasteiger charge is 2.21. The molecule has 0 radical (unpaired) electrons. The van der Waals surface area contributed by atoms with Crippen molar-refractivity contribution in [1.29, 1.82) is 0 Å². The van der Waals surface area contributed by atoms with Crippen LogP contribution in [0.4, 0.5) is 14.5 Å². The van der Waals surface area contributed by atoms with E-state index in [4.69, 9.17) is 0 Å². The molecule has 1 rings (SSSR count). The summed E-state index contributed by atoms with van der Waals surface area (Å²) in [6.45, 7) is 4.05. The van der Waals surface area contributed by atoms with Crippen LogP contribution in [0.2, 0.25) is 0 Å². The van der Waals surface area contributed by atoms with Gasteiger partial charge in [-0.25, -0.2) is 8.78 Å². The maximum atomic E-state index is 13.5. The Kier molecular flexibility index (Phi) is 6.91. The van der Waals surface area contributed by atoms with Crippen molar-refractivity contribution < 1.29 is 18.4 Å². The van der Waals surface area contributed by atoms with Gasteiger partial charge in [0.25, 0.3) is 0 Å². The van der Waals surface area contributed by atoms with E-state index in [0.29, 0.717) is 13.1 Å². The molecule has 0 heterocycles. The Morgan fingerprint density at radius 2 is 1.86 bits per heavy atom. The summed E-state index contributed by atoms with van der Waals surface area (Å²) in [5.41, 5.74) is -0.501. The number of nitrogens with one attached hydrogen (secondary N) is 2. The highest BCUT2D eigenvalue weighted by Crippen LogP contribution is 2.17. The van der Waals surface area contributed by atoms with Crippen LogP contribution in [-0.2, 0) is 9.59 Å². The normalized spacial score (nSPS) is 11.9. The molecular formula is C15H21F2N3O2. The Hall–Kier alpha value is -2.02. The minimum absolute atomic E-state index is 0.194. The van der Waals surface area contributed by atoms with E-state index in [2.05, 4.69) is 10.6 Å². The van der Waals surface area contributed by atoms with Gasteiger partial charge in [0.05, 0.1) is 6.54 Å². The molecule has 0 spiro atoms. The number of anilines is 1. The summed E-state index contributed by atoms with van der Waals surface area (Å²) in [7, 11) is 1.73. The summed E-state index contributed by atoms with van der Waals surface area (Å²) in [4.78, 5) is 25.4. The van der Waals surface area contributed by atoms with Crippen LogP contribution in [0.25, 0.3) is 0 Å². The first-order valence-electron chi connectivity index (χ1n) is 7.07.